The number of carbonyl (C=O) groups is 17. The highest BCUT2D eigenvalue weighted by molar-refractivity contribution is 6.01. The second kappa shape index (κ2) is 40.5. The number of nitrogens with one attached hydrogen (secondary N) is 10. The van der Waals surface area contributed by atoms with Crippen LogP contribution in [-0.2, 0) is 81.5 Å². The molecular weight excluding hydrogens is 1220 g/mol. The zero-order valence-electron chi connectivity index (χ0n) is 51.8. The maximum Gasteiger partial charge on any atom is 0.322 e. The second-order valence-electron chi connectivity index (χ2n) is 22.7. The van der Waals surface area contributed by atoms with Gasteiger partial charge in [-0.05, 0) is 83.1 Å². The van der Waals surface area contributed by atoms with Crippen molar-refractivity contribution in [3.63, 3.8) is 0 Å². The molecule has 25 N–H and O–H groups in total. The molecule has 0 aromatic rings. The molecule has 1 heterocycles. The smallest absolute Gasteiger partial charge is 0.322 e. The predicted molar refractivity (Wildman–Crippen MR) is 316 cm³/mol. The highest BCUT2D eigenvalue weighted by Crippen LogP contribution is 2.21. The fourth-order valence-corrected chi connectivity index (χ4v) is 9.10. The number of hydrogen-bond acceptors (Lipinski definition) is 21. The third-order valence-corrected chi connectivity index (χ3v) is 13.8. The number of hydrogen-bond donors (Lipinski definition) is 20. The maximum absolute atomic E-state index is 14.3. The monoisotopic (exact) mass is 1310 g/mol. The Labute approximate surface area is 528 Å². The van der Waals surface area contributed by atoms with Crippen molar-refractivity contribution in [1.82, 2.24) is 58.1 Å². The van der Waals surface area contributed by atoms with Crippen molar-refractivity contribution in [2.75, 3.05) is 26.2 Å². The first-order valence-corrected chi connectivity index (χ1v) is 29.5. The van der Waals surface area contributed by atoms with Gasteiger partial charge in [0.1, 0.15) is 73.0 Å². The standard InChI is InChI=1S/C54H90N16O22/c1-24(2)17-30(64-49(87)33(20-39(58)75)66-48(86)31(18-25(3)4)65-51(89)35(23-71)69-53(91)43(59)26(5)72)47(85)62-28(11-13-37(56)73)46(84)61-27(9-6-7-15-55)45(83)67-34(21-41(78)79)50(88)63-29(12-14-40(76)77)54(92)70-16-8-10-36(70)52(90)68-32(19-38(57)74)44(82)60-22-42(80)81/h24-36,43,71-72H,6-23,55,59H2,1-5H3,(H2,56,73)(H2,57,74)(H2,58,75)(H,60,82)(H,61,84)(H,62,85)(H,63,88)(H,64,87)(H,65,89)(H,66,86)(H,67,83)(H,68,90)(H,69,91)(H,76,77)(H,78,79)(H,80,81)/t26-,27+,28+,29+,30+,31+,32+,33+,34+,35+,36+,43+/m1/s1. The number of likely N-dealkylation sites (tertiary alicyclic amines) is 1. The molecule has 92 heavy (non-hydrogen) atoms. The Hall–Kier alpha value is -9.17. The first-order valence-electron chi connectivity index (χ1n) is 29.5. The van der Waals surface area contributed by atoms with Crippen LogP contribution in [-0.4, -0.2) is 230 Å². The van der Waals surface area contributed by atoms with Crippen molar-refractivity contribution in [2.45, 2.75) is 197 Å². The van der Waals surface area contributed by atoms with Gasteiger partial charge >= 0.3 is 17.9 Å². The van der Waals surface area contributed by atoms with Crippen LogP contribution in [0.5, 0.6) is 0 Å². The van der Waals surface area contributed by atoms with Crippen LogP contribution in [0.15, 0.2) is 0 Å². The number of aliphatic hydroxyl groups is 2. The number of unbranched alkanes of at least 4 members (excludes halogenated alkanes) is 1. The first-order chi connectivity index (χ1) is 42.9. The lowest BCUT2D eigenvalue weighted by Gasteiger charge is -2.30. The van der Waals surface area contributed by atoms with Gasteiger partial charge in [-0.2, -0.15) is 0 Å². The van der Waals surface area contributed by atoms with Crippen LogP contribution in [0, 0.1) is 11.8 Å². The number of rotatable bonds is 44. The van der Waals surface area contributed by atoms with Gasteiger partial charge in [0.25, 0.3) is 0 Å². The minimum Gasteiger partial charge on any atom is -0.481 e. The Bertz CT molecular complexity index is 2660. The summed E-state index contributed by atoms with van der Waals surface area (Å²) in [5.41, 5.74) is 27.4. The van der Waals surface area contributed by atoms with Gasteiger partial charge in [-0.25, -0.2) is 0 Å². The van der Waals surface area contributed by atoms with E-state index in [2.05, 4.69) is 47.9 Å². The Kier molecular flexibility index (Phi) is 35.6. The number of aliphatic carboxylic acids is 3. The fraction of sp³-hybridized carbons (Fsp3) is 0.685. The molecule has 0 aliphatic carbocycles. The molecule has 14 amide bonds. The molecular formula is C54H90N16O22. The van der Waals surface area contributed by atoms with Gasteiger partial charge < -0.3 is 112 Å². The maximum atomic E-state index is 14.3. The molecule has 1 rings (SSSR count). The first kappa shape index (κ1) is 80.8. The van der Waals surface area contributed by atoms with Gasteiger partial charge in [-0.15, -0.1) is 0 Å². The van der Waals surface area contributed by atoms with Crippen molar-refractivity contribution in [2.24, 2.45) is 40.5 Å². The summed E-state index contributed by atoms with van der Waals surface area (Å²) in [4.78, 5) is 223. The lowest BCUT2D eigenvalue weighted by atomic mass is 10.00. The molecule has 38 heteroatoms. The highest BCUT2D eigenvalue weighted by atomic mass is 16.4. The van der Waals surface area contributed by atoms with Gasteiger partial charge in [0, 0.05) is 19.4 Å². The molecule has 0 unspecified atom stereocenters. The number of nitrogens with two attached hydrogens (primary N) is 5. The van der Waals surface area contributed by atoms with Gasteiger partial charge in [-0.1, -0.05) is 27.7 Å². The molecule has 0 spiro atoms. The predicted octanol–water partition coefficient (Wildman–Crippen LogP) is -9.18. The van der Waals surface area contributed by atoms with E-state index in [1.807, 2.05) is 5.32 Å². The van der Waals surface area contributed by atoms with E-state index in [9.17, 15) is 102 Å². The molecule has 1 aliphatic rings. The van der Waals surface area contributed by atoms with E-state index in [-0.39, 0.29) is 64.0 Å². The number of carboxylic acids is 3. The summed E-state index contributed by atoms with van der Waals surface area (Å²) in [6, 6.07) is -18.7. The second-order valence-corrected chi connectivity index (χ2v) is 22.7. The topological polar surface area (TPSA) is 645 Å². The van der Waals surface area contributed by atoms with Crippen molar-refractivity contribution < 1.29 is 107 Å². The molecule has 0 bridgehead atoms. The average molecular weight is 1320 g/mol. The minimum atomic E-state index is -2.10. The quantitative estimate of drug-likeness (QED) is 0.0252. The van der Waals surface area contributed by atoms with E-state index < -0.39 is 237 Å². The molecule has 0 saturated carbocycles. The van der Waals surface area contributed by atoms with Gasteiger partial charge in [0.15, 0.2) is 0 Å². The third kappa shape index (κ3) is 30.1. The number of nitrogens with zero attached hydrogens (tertiary/aromatic N) is 1. The molecule has 518 valence electrons. The summed E-state index contributed by atoms with van der Waals surface area (Å²) in [6.45, 7) is 5.72. The molecule has 1 saturated heterocycles. The SMILES string of the molecule is CC(C)C[C@H](NC(=O)[C@H](CC(N)=O)NC(=O)[C@H](CC(C)C)NC(=O)[C@H](CO)NC(=O)[C@@H](N)[C@@H](C)O)C(=O)N[C@@H](CCC(N)=O)C(=O)N[C@@H](CCCCN)C(=O)N[C@@H](CC(=O)O)C(=O)N[C@@H](CCC(=O)O)C(=O)N1CCC[C@H]1C(=O)N[C@@H](CC(N)=O)C(=O)NCC(=O)O. The van der Waals surface area contributed by atoms with Crippen molar-refractivity contribution in [3.05, 3.63) is 0 Å². The van der Waals surface area contributed by atoms with Crippen LogP contribution in [0.4, 0.5) is 0 Å². The van der Waals surface area contributed by atoms with E-state index in [4.69, 9.17) is 33.8 Å². The highest BCUT2D eigenvalue weighted by Gasteiger charge is 2.41. The summed E-state index contributed by atoms with van der Waals surface area (Å²) >= 11 is 0. The molecule has 1 fully saturated rings. The molecule has 38 nitrogen and oxygen atoms in total. The molecule has 1 aliphatic heterocycles. The largest absolute Gasteiger partial charge is 0.481 e. The number of aliphatic hydroxyl groups excluding tert-OH is 2. The van der Waals surface area contributed by atoms with E-state index >= 15 is 0 Å². The summed E-state index contributed by atoms with van der Waals surface area (Å²) < 4.78 is 0. The van der Waals surface area contributed by atoms with Crippen molar-refractivity contribution in [1.29, 1.82) is 0 Å². The molecule has 0 radical (unpaired) electrons. The van der Waals surface area contributed by atoms with Crippen molar-refractivity contribution in [3.8, 4) is 0 Å². The normalized spacial score (nSPS) is 16.3. The lowest BCUT2D eigenvalue weighted by Crippen LogP contribution is -2.61. The van der Waals surface area contributed by atoms with Crippen LogP contribution >= 0.6 is 0 Å². The Morgan fingerprint density at radius 2 is 0.880 bits per heavy atom. The van der Waals surface area contributed by atoms with E-state index in [1.165, 1.54) is 6.92 Å². The van der Waals surface area contributed by atoms with E-state index in [0.29, 0.717) is 0 Å². The van der Waals surface area contributed by atoms with Gasteiger partial charge in [0.2, 0.25) is 82.7 Å². The minimum absolute atomic E-state index is 0.0567. The van der Waals surface area contributed by atoms with E-state index in [0.717, 1.165) is 4.90 Å². The van der Waals surface area contributed by atoms with Crippen LogP contribution in [0.1, 0.15) is 125 Å². The van der Waals surface area contributed by atoms with Gasteiger partial charge in [-0.3, -0.25) is 81.5 Å². The van der Waals surface area contributed by atoms with E-state index in [1.54, 1.807) is 27.7 Å². The zero-order chi connectivity index (χ0) is 70.3. The molecule has 0 aromatic heterocycles. The summed E-state index contributed by atoms with van der Waals surface area (Å²) in [5, 5.41) is 70.7. The Morgan fingerprint density at radius 1 is 0.467 bits per heavy atom. The third-order valence-electron chi connectivity index (χ3n) is 13.8. The average Bonchev–Trinajstić information content (AvgIpc) is 1.63. The van der Waals surface area contributed by atoms with Crippen LogP contribution in [0.25, 0.3) is 0 Å². The molecule has 12 atom stereocenters. The Balaban J connectivity index is 3.63. The van der Waals surface area contributed by atoms with Gasteiger partial charge in [0.05, 0.1) is 32.0 Å². The number of amides is 14. The van der Waals surface area contributed by atoms with Crippen LogP contribution in [0.2, 0.25) is 0 Å². The van der Waals surface area contributed by atoms with Crippen LogP contribution < -0.4 is 81.8 Å². The fourth-order valence-electron chi connectivity index (χ4n) is 9.10. The number of carboxylic acid groups (broad SMARTS) is 3. The summed E-state index contributed by atoms with van der Waals surface area (Å²) in [7, 11) is 0. The summed E-state index contributed by atoms with van der Waals surface area (Å²) in [6.07, 6.45) is -7.13. The number of carbonyl (C=O) groups excluding carboxylic acids is 14. The van der Waals surface area contributed by atoms with Crippen LogP contribution in [0.3, 0.4) is 0 Å². The lowest BCUT2D eigenvalue weighted by molar-refractivity contribution is -0.144. The summed E-state index contributed by atoms with van der Waals surface area (Å²) in [5.74, 6) is -21.1. The zero-order valence-corrected chi connectivity index (χ0v) is 51.8. The van der Waals surface area contributed by atoms with Crippen molar-refractivity contribution >= 4 is 101 Å². The Morgan fingerprint density at radius 3 is 1.32 bits per heavy atom. The number of primary amides is 3. The molecule has 0 aromatic carbocycles.